The van der Waals surface area contributed by atoms with E-state index in [4.69, 9.17) is 4.74 Å². The van der Waals surface area contributed by atoms with E-state index in [0.29, 0.717) is 16.8 Å². The lowest BCUT2D eigenvalue weighted by Gasteiger charge is -2.24. The van der Waals surface area contributed by atoms with Crippen LogP contribution in [0.25, 0.3) is 0 Å². The number of aryl methyl sites for hydroxylation is 1. The van der Waals surface area contributed by atoms with Gasteiger partial charge in [-0.05, 0) is 31.2 Å². The first-order valence-electron chi connectivity index (χ1n) is 7.53. The standard InChI is InChI=1S/C18H24N3O2/c1-14-8-10-15(11-9-14)20(2)18(22)23-17-7-6-12-19-16(17)13-21(3,4)5/h6-12H,13H2,1-5H3/q+1. The summed E-state index contributed by atoms with van der Waals surface area (Å²) in [6, 6.07) is 11.3. The van der Waals surface area contributed by atoms with E-state index in [0.717, 1.165) is 16.9 Å². The van der Waals surface area contributed by atoms with E-state index < -0.39 is 6.09 Å². The molecule has 0 radical (unpaired) electrons. The Hall–Kier alpha value is -2.40. The summed E-state index contributed by atoms with van der Waals surface area (Å²) in [5, 5.41) is 0. The summed E-state index contributed by atoms with van der Waals surface area (Å²) in [5.74, 6) is 0.504. The first kappa shape index (κ1) is 17.0. The van der Waals surface area contributed by atoms with Crippen LogP contribution in [0.1, 0.15) is 11.3 Å². The van der Waals surface area contributed by atoms with E-state index in [-0.39, 0.29) is 0 Å². The summed E-state index contributed by atoms with van der Waals surface area (Å²) in [6.45, 7) is 2.69. The van der Waals surface area contributed by atoms with Gasteiger partial charge in [-0.3, -0.25) is 9.88 Å². The second-order valence-electron chi connectivity index (χ2n) is 6.66. The number of nitrogens with zero attached hydrogens (tertiary/aromatic N) is 3. The molecule has 1 aromatic heterocycles. The fourth-order valence-electron chi connectivity index (χ4n) is 2.12. The van der Waals surface area contributed by atoms with Crippen molar-refractivity contribution < 1.29 is 14.0 Å². The Kier molecular flexibility index (Phi) is 5.01. The molecule has 122 valence electrons. The Morgan fingerprint density at radius 2 is 1.83 bits per heavy atom. The number of anilines is 1. The quantitative estimate of drug-likeness (QED) is 0.814. The molecule has 1 heterocycles. The number of hydrogen-bond acceptors (Lipinski definition) is 3. The maximum absolute atomic E-state index is 12.4. The molecule has 0 aliphatic carbocycles. The number of hydrogen-bond donors (Lipinski definition) is 0. The van der Waals surface area contributed by atoms with Crippen LogP contribution in [0.2, 0.25) is 0 Å². The summed E-state index contributed by atoms with van der Waals surface area (Å²) in [4.78, 5) is 18.2. The molecule has 0 atom stereocenters. The highest BCUT2D eigenvalue weighted by atomic mass is 16.6. The van der Waals surface area contributed by atoms with Crippen LogP contribution >= 0.6 is 0 Å². The highest BCUT2D eigenvalue weighted by molar-refractivity contribution is 5.88. The van der Waals surface area contributed by atoms with E-state index in [2.05, 4.69) is 26.1 Å². The van der Waals surface area contributed by atoms with Gasteiger partial charge in [0.15, 0.2) is 5.75 Å². The Bertz CT molecular complexity index is 675. The highest BCUT2D eigenvalue weighted by Gasteiger charge is 2.19. The monoisotopic (exact) mass is 314 g/mol. The lowest BCUT2D eigenvalue weighted by Crippen LogP contribution is -2.34. The fourth-order valence-corrected chi connectivity index (χ4v) is 2.12. The predicted octanol–water partition coefficient (Wildman–Crippen LogP) is 3.23. The molecule has 0 bridgehead atoms. The van der Waals surface area contributed by atoms with E-state index in [1.165, 1.54) is 4.90 Å². The Labute approximate surface area is 137 Å². The lowest BCUT2D eigenvalue weighted by atomic mass is 10.2. The van der Waals surface area contributed by atoms with Gasteiger partial charge in [0.25, 0.3) is 0 Å². The second-order valence-corrected chi connectivity index (χ2v) is 6.66. The van der Waals surface area contributed by atoms with Crippen LogP contribution < -0.4 is 9.64 Å². The number of amides is 1. The molecule has 5 heteroatoms. The molecule has 5 nitrogen and oxygen atoms in total. The number of pyridine rings is 1. The summed E-state index contributed by atoms with van der Waals surface area (Å²) >= 11 is 0. The number of quaternary nitrogens is 1. The molecule has 0 N–H and O–H groups in total. The average molecular weight is 314 g/mol. The zero-order valence-corrected chi connectivity index (χ0v) is 14.4. The number of carbonyl (C=O) groups excluding carboxylic acids is 1. The van der Waals surface area contributed by atoms with Gasteiger partial charge in [0, 0.05) is 18.9 Å². The molecule has 0 saturated carbocycles. The molecular formula is C18H24N3O2+. The van der Waals surface area contributed by atoms with Crippen molar-refractivity contribution in [3.63, 3.8) is 0 Å². The highest BCUT2D eigenvalue weighted by Crippen LogP contribution is 2.21. The van der Waals surface area contributed by atoms with Crippen LogP contribution in [-0.4, -0.2) is 43.8 Å². The van der Waals surface area contributed by atoms with Gasteiger partial charge in [-0.15, -0.1) is 0 Å². The third kappa shape index (κ3) is 4.79. The van der Waals surface area contributed by atoms with Crippen LogP contribution in [0, 0.1) is 6.92 Å². The number of rotatable bonds is 4. The van der Waals surface area contributed by atoms with Crippen LogP contribution in [0.3, 0.4) is 0 Å². The van der Waals surface area contributed by atoms with E-state index in [1.54, 1.807) is 25.4 Å². The molecule has 0 spiro atoms. The number of ether oxygens (including phenoxy) is 1. The summed E-state index contributed by atoms with van der Waals surface area (Å²) < 4.78 is 6.26. The van der Waals surface area contributed by atoms with Gasteiger partial charge in [0.05, 0.1) is 21.1 Å². The zero-order chi connectivity index (χ0) is 17.0. The third-order valence-corrected chi connectivity index (χ3v) is 3.36. The van der Waals surface area contributed by atoms with Gasteiger partial charge in [0.1, 0.15) is 12.2 Å². The lowest BCUT2D eigenvalue weighted by molar-refractivity contribution is -0.884. The topological polar surface area (TPSA) is 42.4 Å². The summed E-state index contributed by atoms with van der Waals surface area (Å²) in [6.07, 6.45) is 1.29. The maximum atomic E-state index is 12.4. The minimum absolute atomic E-state index is 0.426. The van der Waals surface area contributed by atoms with Gasteiger partial charge >= 0.3 is 6.09 Å². The van der Waals surface area contributed by atoms with Crippen molar-refractivity contribution in [2.45, 2.75) is 13.5 Å². The molecule has 23 heavy (non-hydrogen) atoms. The third-order valence-electron chi connectivity index (χ3n) is 3.36. The first-order chi connectivity index (χ1) is 10.8. The maximum Gasteiger partial charge on any atom is 0.419 e. The molecule has 1 aromatic carbocycles. The van der Waals surface area contributed by atoms with E-state index in [9.17, 15) is 4.79 Å². The Morgan fingerprint density at radius 3 is 2.43 bits per heavy atom. The molecule has 0 saturated heterocycles. The van der Waals surface area contributed by atoms with E-state index >= 15 is 0 Å². The zero-order valence-electron chi connectivity index (χ0n) is 14.4. The van der Waals surface area contributed by atoms with Crippen molar-refractivity contribution in [2.24, 2.45) is 0 Å². The molecule has 0 unspecified atom stereocenters. The van der Waals surface area contributed by atoms with Crippen LogP contribution in [0.15, 0.2) is 42.6 Å². The molecule has 1 amide bonds. The first-order valence-corrected chi connectivity index (χ1v) is 7.53. The number of benzene rings is 1. The minimum Gasteiger partial charge on any atom is -0.408 e. The largest absolute Gasteiger partial charge is 0.419 e. The van der Waals surface area contributed by atoms with Crippen molar-refractivity contribution in [3.8, 4) is 5.75 Å². The van der Waals surface area contributed by atoms with Gasteiger partial charge in [0.2, 0.25) is 0 Å². The van der Waals surface area contributed by atoms with Gasteiger partial charge in [-0.25, -0.2) is 4.79 Å². The molecule has 2 rings (SSSR count). The SMILES string of the molecule is Cc1ccc(N(C)C(=O)Oc2cccnc2C[N+](C)(C)C)cc1. The molecule has 0 fully saturated rings. The van der Waals surface area contributed by atoms with Crippen molar-refractivity contribution in [1.82, 2.24) is 4.98 Å². The van der Waals surface area contributed by atoms with E-state index in [1.807, 2.05) is 31.2 Å². The summed E-state index contributed by atoms with van der Waals surface area (Å²) in [7, 11) is 7.90. The van der Waals surface area contributed by atoms with Crippen LogP contribution in [-0.2, 0) is 6.54 Å². The van der Waals surface area contributed by atoms with Crippen LogP contribution in [0.4, 0.5) is 10.5 Å². The molecular weight excluding hydrogens is 290 g/mol. The van der Waals surface area contributed by atoms with Gasteiger partial charge < -0.3 is 9.22 Å². The molecule has 0 aliphatic rings. The van der Waals surface area contributed by atoms with Crippen molar-refractivity contribution >= 4 is 11.8 Å². The smallest absolute Gasteiger partial charge is 0.408 e. The van der Waals surface area contributed by atoms with Crippen LogP contribution in [0.5, 0.6) is 5.75 Å². The predicted molar refractivity (Wildman–Crippen MR) is 91.6 cm³/mol. The minimum atomic E-state index is -0.426. The van der Waals surface area contributed by atoms with Crippen molar-refractivity contribution in [3.05, 3.63) is 53.9 Å². The number of carbonyl (C=O) groups is 1. The van der Waals surface area contributed by atoms with Gasteiger partial charge in [-0.2, -0.15) is 0 Å². The normalized spacial score (nSPS) is 11.2. The Morgan fingerprint density at radius 1 is 1.17 bits per heavy atom. The number of aromatic nitrogens is 1. The fraction of sp³-hybridized carbons (Fsp3) is 0.333. The Balaban J connectivity index is 2.15. The van der Waals surface area contributed by atoms with Crippen molar-refractivity contribution in [2.75, 3.05) is 33.1 Å². The average Bonchev–Trinajstić information content (AvgIpc) is 2.48. The molecule has 2 aromatic rings. The second kappa shape index (κ2) is 6.79. The molecule has 0 aliphatic heterocycles. The van der Waals surface area contributed by atoms with Gasteiger partial charge in [-0.1, -0.05) is 17.7 Å². The van der Waals surface area contributed by atoms with Crippen molar-refractivity contribution in [1.29, 1.82) is 0 Å². The summed E-state index contributed by atoms with van der Waals surface area (Å²) in [5.41, 5.74) is 2.70.